The number of hydrogen-bond donors (Lipinski definition) is 2. The smallest absolute Gasteiger partial charge is 0.305 e. The Hall–Kier alpha value is -1.59. The van der Waals surface area contributed by atoms with E-state index in [2.05, 4.69) is 36.4 Å². The van der Waals surface area contributed by atoms with Gasteiger partial charge in [-0.25, -0.2) is 4.99 Å². The zero-order valence-corrected chi connectivity index (χ0v) is 25.9. The van der Waals surface area contributed by atoms with Crippen molar-refractivity contribution in [2.45, 2.75) is 168 Å². The molecule has 0 aliphatic heterocycles. The van der Waals surface area contributed by atoms with Gasteiger partial charge in [0.25, 0.3) is 0 Å². The van der Waals surface area contributed by atoms with Crippen LogP contribution in [0.25, 0.3) is 0 Å². The highest BCUT2D eigenvalue weighted by atomic mass is 16.5. The van der Waals surface area contributed by atoms with Crippen LogP contribution in [-0.4, -0.2) is 49.9 Å². The second-order valence-corrected chi connectivity index (χ2v) is 12.8. The van der Waals surface area contributed by atoms with Gasteiger partial charge in [0.15, 0.2) is 5.96 Å². The minimum absolute atomic E-state index is 0.0705. The minimum Gasteiger partial charge on any atom is -0.465 e. The normalized spacial score (nSPS) is 18.0. The largest absolute Gasteiger partial charge is 0.465 e. The van der Waals surface area contributed by atoms with Crippen molar-refractivity contribution in [3.8, 4) is 0 Å². The molecular weight excluding hydrogens is 484 g/mol. The molecule has 39 heavy (non-hydrogen) atoms. The fraction of sp³-hybridized carbons (Fsp3) is 0.909. The van der Waals surface area contributed by atoms with Crippen molar-refractivity contribution < 1.29 is 9.53 Å². The van der Waals surface area contributed by atoms with Gasteiger partial charge in [0.2, 0.25) is 0 Å². The van der Waals surface area contributed by atoms with E-state index in [1.54, 1.807) is 0 Å². The molecule has 0 amide bonds. The van der Waals surface area contributed by atoms with Crippen LogP contribution in [0.1, 0.15) is 156 Å². The van der Waals surface area contributed by atoms with Crippen molar-refractivity contribution in [1.29, 1.82) is 0 Å². The van der Waals surface area contributed by atoms with Gasteiger partial charge in [0.1, 0.15) is 6.61 Å². The average Bonchev–Trinajstić information content (AvgIpc) is 2.94. The number of rotatable bonds is 19. The third-order valence-corrected chi connectivity index (χ3v) is 8.12. The van der Waals surface area contributed by atoms with Gasteiger partial charge in [0.05, 0.1) is 6.04 Å². The van der Waals surface area contributed by atoms with Gasteiger partial charge in [-0.05, 0) is 38.5 Å². The maximum atomic E-state index is 12.2. The fourth-order valence-electron chi connectivity index (χ4n) is 5.61. The van der Waals surface area contributed by atoms with Gasteiger partial charge < -0.3 is 15.4 Å². The van der Waals surface area contributed by atoms with Crippen molar-refractivity contribution in [3.05, 3.63) is 0 Å². The van der Waals surface area contributed by atoms with Crippen molar-refractivity contribution in [2.75, 3.05) is 19.7 Å². The molecule has 2 N–H and O–H groups in total. The molecule has 2 rings (SSSR count). The zero-order valence-electron chi connectivity index (χ0n) is 25.9. The number of carbonyl (C=O) groups is 1. The Morgan fingerprint density at radius 2 is 1.46 bits per heavy atom. The summed E-state index contributed by atoms with van der Waals surface area (Å²) in [6.07, 6.45) is 27.7. The molecule has 226 valence electrons. The standard InChI is InChI=1S/C33H62N4O2/c1-4-5-6-7-8-9-10-11-18-24-31(38)39-28-33(2,3)27-34-25-19-26-35-32(36-29-20-14-12-15-21-29)37-30-22-16-13-17-23-30/h27,29-30H,4-26,28H2,1-3H3,(H2,35,36,37)/b34-27+. The fourth-order valence-corrected chi connectivity index (χ4v) is 5.61. The molecule has 2 fully saturated rings. The molecule has 0 aromatic carbocycles. The molecule has 0 bridgehead atoms. The number of carbonyl (C=O) groups excluding carboxylic acids is 1. The third kappa shape index (κ3) is 17.7. The van der Waals surface area contributed by atoms with Crippen LogP contribution in [0, 0.1) is 5.41 Å². The maximum absolute atomic E-state index is 12.2. The summed E-state index contributed by atoms with van der Waals surface area (Å²) >= 11 is 0. The summed E-state index contributed by atoms with van der Waals surface area (Å²) in [5.41, 5.74) is -0.238. The second kappa shape index (κ2) is 21.2. The second-order valence-electron chi connectivity index (χ2n) is 12.8. The molecule has 6 heteroatoms. The number of nitrogens with one attached hydrogen (secondary N) is 2. The van der Waals surface area contributed by atoms with Crippen molar-refractivity contribution >= 4 is 18.1 Å². The first-order valence-electron chi connectivity index (χ1n) is 16.7. The van der Waals surface area contributed by atoms with Crippen molar-refractivity contribution in [1.82, 2.24) is 10.6 Å². The molecule has 2 aliphatic carbocycles. The Kier molecular flexibility index (Phi) is 18.3. The molecule has 0 atom stereocenters. The van der Waals surface area contributed by atoms with Gasteiger partial charge in [-0.3, -0.25) is 9.79 Å². The van der Waals surface area contributed by atoms with E-state index in [-0.39, 0.29) is 11.4 Å². The Bertz CT molecular complexity index is 679. The van der Waals surface area contributed by atoms with Gasteiger partial charge in [0, 0.05) is 37.2 Å². The molecule has 6 nitrogen and oxygen atoms in total. The molecule has 0 radical (unpaired) electrons. The lowest BCUT2D eigenvalue weighted by Crippen LogP contribution is -2.45. The van der Waals surface area contributed by atoms with Crippen LogP contribution in [0.15, 0.2) is 9.98 Å². The first-order valence-corrected chi connectivity index (χ1v) is 16.7. The summed E-state index contributed by atoms with van der Waals surface area (Å²) in [5, 5.41) is 7.32. The molecule has 2 aliphatic rings. The van der Waals surface area contributed by atoms with E-state index in [1.165, 1.54) is 109 Å². The number of ether oxygens (including phenoxy) is 1. The summed E-state index contributed by atoms with van der Waals surface area (Å²) in [6, 6.07) is 1.04. The van der Waals surface area contributed by atoms with E-state index in [1.807, 2.05) is 6.21 Å². The molecule has 0 spiro atoms. The lowest BCUT2D eigenvalue weighted by Gasteiger charge is -2.27. The summed E-state index contributed by atoms with van der Waals surface area (Å²) in [5.74, 6) is 0.941. The quantitative estimate of drug-likeness (QED) is 0.0742. The molecule has 2 saturated carbocycles. The SMILES string of the molecule is CCCCCCCCCCCC(=O)OCC(C)(C)/C=N/CCCN/C(=N\C1CCCCC1)NC1CCCCC1. The van der Waals surface area contributed by atoms with Crippen LogP contribution in [-0.2, 0) is 9.53 Å². The summed E-state index contributed by atoms with van der Waals surface area (Å²) in [6.45, 7) is 8.47. The van der Waals surface area contributed by atoms with Gasteiger partial charge in [-0.15, -0.1) is 0 Å². The minimum atomic E-state index is -0.238. The van der Waals surface area contributed by atoms with Crippen molar-refractivity contribution in [2.24, 2.45) is 15.4 Å². The van der Waals surface area contributed by atoms with Gasteiger partial charge in [-0.2, -0.15) is 0 Å². The highest BCUT2D eigenvalue weighted by Gasteiger charge is 2.19. The van der Waals surface area contributed by atoms with Crippen LogP contribution in [0.4, 0.5) is 0 Å². The van der Waals surface area contributed by atoms with E-state index >= 15 is 0 Å². The highest BCUT2D eigenvalue weighted by Crippen LogP contribution is 2.21. The molecule has 0 saturated heterocycles. The van der Waals surface area contributed by atoms with Crippen LogP contribution < -0.4 is 10.6 Å². The predicted molar refractivity (Wildman–Crippen MR) is 167 cm³/mol. The van der Waals surface area contributed by atoms with Crippen LogP contribution >= 0.6 is 0 Å². The van der Waals surface area contributed by atoms with E-state index in [0.717, 1.165) is 38.3 Å². The van der Waals surface area contributed by atoms with Crippen LogP contribution in [0.2, 0.25) is 0 Å². The predicted octanol–water partition coefficient (Wildman–Crippen LogP) is 8.14. The number of hydrogen-bond acceptors (Lipinski definition) is 4. The summed E-state index contributed by atoms with van der Waals surface area (Å²) in [4.78, 5) is 21.9. The zero-order chi connectivity index (χ0) is 28.0. The molecule has 0 unspecified atom stereocenters. The lowest BCUT2D eigenvalue weighted by molar-refractivity contribution is -0.145. The number of esters is 1. The molecule has 0 heterocycles. The Balaban J connectivity index is 1.57. The number of aliphatic imine (C=N–C) groups is 2. The van der Waals surface area contributed by atoms with E-state index in [4.69, 9.17) is 9.73 Å². The Morgan fingerprint density at radius 3 is 2.13 bits per heavy atom. The van der Waals surface area contributed by atoms with Gasteiger partial charge in [-0.1, -0.05) is 111 Å². The Labute approximate surface area is 241 Å². The topological polar surface area (TPSA) is 75.1 Å². The van der Waals surface area contributed by atoms with Crippen LogP contribution in [0.3, 0.4) is 0 Å². The molecular formula is C33H62N4O2. The molecule has 0 aromatic heterocycles. The van der Waals surface area contributed by atoms with Crippen LogP contribution in [0.5, 0.6) is 0 Å². The first kappa shape index (κ1) is 33.6. The monoisotopic (exact) mass is 546 g/mol. The summed E-state index contributed by atoms with van der Waals surface area (Å²) < 4.78 is 5.57. The number of guanidine groups is 1. The number of nitrogens with zero attached hydrogens (tertiary/aromatic N) is 2. The average molecular weight is 547 g/mol. The lowest BCUT2D eigenvalue weighted by atomic mass is 9.95. The third-order valence-electron chi connectivity index (χ3n) is 8.12. The summed E-state index contributed by atoms with van der Waals surface area (Å²) in [7, 11) is 0. The van der Waals surface area contributed by atoms with E-state index in [9.17, 15) is 4.79 Å². The molecule has 0 aromatic rings. The van der Waals surface area contributed by atoms with E-state index in [0.29, 0.717) is 25.1 Å². The Morgan fingerprint density at radius 1 is 0.846 bits per heavy atom. The van der Waals surface area contributed by atoms with E-state index < -0.39 is 0 Å². The van der Waals surface area contributed by atoms with Gasteiger partial charge >= 0.3 is 5.97 Å². The first-order chi connectivity index (χ1) is 19.0. The highest BCUT2D eigenvalue weighted by molar-refractivity contribution is 5.80. The van der Waals surface area contributed by atoms with Crippen molar-refractivity contribution in [3.63, 3.8) is 0 Å². The number of unbranched alkanes of at least 4 members (excludes halogenated alkanes) is 8. The maximum Gasteiger partial charge on any atom is 0.305 e.